The first-order chi connectivity index (χ1) is 7.93. The van der Waals surface area contributed by atoms with Gasteiger partial charge in [0.25, 0.3) is 0 Å². The van der Waals surface area contributed by atoms with Crippen LogP contribution in [0.2, 0.25) is 0 Å². The maximum Gasteiger partial charge on any atom is 0.416 e. The van der Waals surface area contributed by atoms with Gasteiger partial charge in [0, 0.05) is 6.54 Å². The van der Waals surface area contributed by atoms with Gasteiger partial charge in [0.15, 0.2) is 0 Å². The predicted octanol–water partition coefficient (Wildman–Crippen LogP) is 2.48. The molecule has 0 bridgehead atoms. The molecule has 1 aromatic carbocycles. The Balaban J connectivity index is 2.45. The number of benzene rings is 1. The number of carbonyl (C=O) groups is 1. The molecule has 92 valence electrons. The molecule has 0 radical (unpaired) electrons. The summed E-state index contributed by atoms with van der Waals surface area (Å²) in [7, 11) is 0. The highest BCUT2D eigenvalue weighted by Crippen LogP contribution is 2.36. The van der Waals surface area contributed by atoms with Crippen molar-refractivity contribution in [2.24, 2.45) is 0 Å². The number of rotatable bonds is 1. The summed E-state index contributed by atoms with van der Waals surface area (Å²) in [6, 6.07) is 3.35. The summed E-state index contributed by atoms with van der Waals surface area (Å²) in [6.45, 7) is 2.26. The Morgan fingerprint density at radius 3 is 2.71 bits per heavy atom. The van der Waals surface area contributed by atoms with Crippen LogP contribution in [0.5, 0.6) is 0 Å². The van der Waals surface area contributed by atoms with Gasteiger partial charge in [0.05, 0.1) is 23.5 Å². The third kappa shape index (κ3) is 2.07. The number of hydrogen-bond acceptors (Lipinski definition) is 2. The highest BCUT2D eigenvalue weighted by Gasteiger charge is 2.32. The van der Waals surface area contributed by atoms with Crippen LogP contribution >= 0.6 is 0 Å². The summed E-state index contributed by atoms with van der Waals surface area (Å²) in [6.07, 6.45) is -4.37. The molecular weight excluding hydrogens is 233 g/mol. The molecular formula is C11H11F3N2O. The van der Waals surface area contributed by atoms with Gasteiger partial charge in [-0.2, -0.15) is 13.2 Å². The molecule has 0 saturated heterocycles. The third-order valence-electron chi connectivity index (χ3n) is 2.66. The second-order valence-electron chi connectivity index (χ2n) is 3.72. The molecule has 3 nitrogen and oxygen atoms in total. The maximum atomic E-state index is 12.5. The minimum absolute atomic E-state index is 0.0299. The zero-order chi connectivity index (χ0) is 12.6. The first-order valence-electron chi connectivity index (χ1n) is 5.19. The number of anilines is 2. The van der Waals surface area contributed by atoms with Gasteiger partial charge in [0.1, 0.15) is 0 Å². The summed E-state index contributed by atoms with van der Waals surface area (Å²) in [5.74, 6) is -0.139. The number of nitrogens with zero attached hydrogens (tertiary/aromatic N) is 1. The van der Waals surface area contributed by atoms with E-state index in [0.717, 1.165) is 12.1 Å². The van der Waals surface area contributed by atoms with E-state index in [1.807, 2.05) is 0 Å². The van der Waals surface area contributed by atoms with Crippen LogP contribution in [0.4, 0.5) is 24.5 Å². The van der Waals surface area contributed by atoms with E-state index in [2.05, 4.69) is 5.32 Å². The molecule has 0 spiro atoms. The molecule has 0 saturated carbocycles. The Kier molecular flexibility index (Phi) is 2.73. The van der Waals surface area contributed by atoms with Crippen LogP contribution < -0.4 is 10.2 Å². The Morgan fingerprint density at radius 1 is 1.41 bits per heavy atom. The second-order valence-corrected chi connectivity index (χ2v) is 3.72. The fraction of sp³-hybridized carbons (Fsp3) is 0.364. The van der Waals surface area contributed by atoms with Crippen LogP contribution in [0.25, 0.3) is 0 Å². The Morgan fingerprint density at radius 2 is 2.12 bits per heavy atom. The smallest absolute Gasteiger partial charge is 0.374 e. The summed E-state index contributed by atoms with van der Waals surface area (Å²) < 4.78 is 37.5. The van der Waals surface area contributed by atoms with Crippen molar-refractivity contribution in [1.29, 1.82) is 0 Å². The molecule has 1 aliphatic heterocycles. The standard InChI is InChI=1S/C11H11F3N2O/c1-2-16-9-4-3-7(11(12,13)14)5-8(9)15-6-10(16)17/h3-5,15H,2,6H2,1H3. The molecule has 1 N–H and O–H groups in total. The van der Waals surface area contributed by atoms with E-state index in [4.69, 9.17) is 0 Å². The Labute approximate surface area is 96.2 Å². The van der Waals surface area contributed by atoms with Crippen molar-refractivity contribution < 1.29 is 18.0 Å². The molecule has 2 rings (SSSR count). The number of hydrogen-bond donors (Lipinski definition) is 1. The van der Waals surface area contributed by atoms with Crippen molar-refractivity contribution in [3.05, 3.63) is 23.8 Å². The van der Waals surface area contributed by atoms with E-state index in [9.17, 15) is 18.0 Å². The normalized spacial score (nSPS) is 15.5. The fourth-order valence-corrected chi connectivity index (χ4v) is 1.84. The van der Waals surface area contributed by atoms with Crippen molar-refractivity contribution in [3.8, 4) is 0 Å². The molecule has 0 aromatic heterocycles. The largest absolute Gasteiger partial charge is 0.416 e. The van der Waals surface area contributed by atoms with Gasteiger partial charge < -0.3 is 10.2 Å². The highest BCUT2D eigenvalue weighted by atomic mass is 19.4. The predicted molar refractivity (Wildman–Crippen MR) is 58.0 cm³/mol. The summed E-state index contributed by atoms with van der Waals surface area (Å²) >= 11 is 0. The van der Waals surface area contributed by atoms with E-state index in [1.165, 1.54) is 11.0 Å². The number of carbonyl (C=O) groups excluding carboxylic acids is 1. The molecule has 1 amide bonds. The maximum absolute atomic E-state index is 12.5. The lowest BCUT2D eigenvalue weighted by molar-refractivity contribution is -0.137. The minimum atomic E-state index is -4.37. The number of halogens is 3. The van der Waals surface area contributed by atoms with E-state index in [1.54, 1.807) is 6.92 Å². The molecule has 0 unspecified atom stereocenters. The van der Waals surface area contributed by atoms with Crippen LogP contribution in [0.3, 0.4) is 0 Å². The summed E-state index contributed by atoms with van der Waals surface area (Å²) in [5.41, 5.74) is 0.132. The van der Waals surface area contributed by atoms with Gasteiger partial charge in [-0.05, 0) is 25.1 Å². The van der Waals surface area contributed by atoms with E-state index >= 15 is 0 Å². The van der Waals surface area contributed by atoms with Crippen molar-refractivity contribution >= 4 is 17.3 Å². The second kappa shape index (κ2) is 3.94. The van der Waals surface area contributed by atoms with Crippen LogP contribution in [0.15, 0.2) is 18.2 Å². The number of likely N-dealkylation sites (N-methyl/N-ethyl adjacent to an activating group) is 1. The van der Waals surface area contributed by atoms with Crippen molar-refractivity contribution in [2.45, 2.75) is 13.1 Å². The molecule has 0 fully saturated rings. The molecule has 0 atom stereocenters. The van der Waals surface area contributed by atoms with Gasteiger partial charge >= 0.3 is 6.18 Å². The van der Waals surface area contributed by atoms with Crippen molar-refractivity contribution in [3.63, 3.8) is 0 Å². The Bertz CT molecular complexity index is 457. The Hall–Kier alpha value is -1.72. The lowest BCUT2D eigenvalue weighted by atomic mass is 10.1. The number of amides is 1. The van der Waals surface area contributed by atoms with Crippen LogP contribution in [-0.2, 0) is 11.0 Å². The monoisotopic (exact) mass is 244 g/mol. The fourth-order valence-electron chi connectivity index (χ4n) is 1.84. The minimum Gasteiger partial charge on any atom is -0.374 e. The first-order valence-corrected chi connectivity index (χ1v) is 5.19. The van der Waals surface area contributed by atoms with Crippen molar-refractivity contribution in [2.75, 3.05) is 23.3 Å². The van der Waals surface area contributed by atoms with Crippen LogP contribution in [0, 0.1) is 0 Å². The van der Waals surface area contributed by atoms with Crippen LogP contribution in [-0.4, -0.2) is 19.0 Å². The van der Waals surface area contributed by atoms with E-state index in [-0.39, 0.29) is 12.5 Å². The van der Waals surface area contributed by atoms with Gasteiger partial charge in [0.2, 0.25) is 5.91 Å². The van der Waals surface area contributed by atoms with Gasteiger partial charge in [-0.15, -0.1) is 0 Å². The van der Waals surface area contributed by atoms with Gasteiger partial charge in [-0.25, -0.2) is 0 Å². The number of nitrogens with one attached hydrogen (secondary N) is 1. The van der Waals surface area contributed by atoms with Gasteiger partial charge in [-0.3, -0.25) is 4.79 Å². The molecule has 6 heteroatoms. The number of alkyl halides is 3. The highest BCUT2D eigenvalue weighted by molar-refractivity contribution is 6.02. The summed E-state index contributed by atoms with van der Waals surface area (Å²) in [5, 5.41) is 2.70. The first kappa shape index (κ1) is 11.8. The molecule has 1 heterocycles. The average Bonchev–Trinajstić information content (AvgIpc) is 2.27. The third-order valence-corrected chi connectivity index (χ3v) is 2.66. The summed E-state index contributed by atoms with van der Waals surface area (Å²) in [4.78, 5) is 13.0. The van der Waals surface area contributed by atoms with E-state index in [0.29, 0.717) is 17.9 Å². The molecule has 1 aliphatic rings. The molecule has 0 aliphatic carbocycles. The SMILES string of the molecule is CCN1C(=O)CNc2cc(C(F)(F)F)ccc21. The van der Waals surface area contributed by atoms with Crippen LogP contribution in [0.1, 0.15) is 12.5 Å². The topological polar surface area (TPSA) is 32.3 Å². The zero-order valence-electron chi connectivity index (χ0n) is 9.14. The molecule has 1 aromatic rings. The lowest BCUT2D eigenvalue weighted by Gasteiger charge is -2.29. The van der Waals surface area contributed by atoms with E-state index < -0.39 is 11.7 Å². The average molecular weight is 244 g/mol. The quantitative estimate of drug-likeness (QED) is 0.823. The molecule has 17 heavy (non-hydrogen) atoms. The number of fused-ring (bicyclic) bond motifs is 1. The van der Waals surface area contributed by atoms with Crippen molar-refractivity contribution in [1.82, 2.24) is 0 Å². The zero-order valence-corrected chi connectivity index (χ0v) is 9.14. The lowest BCUT2D eigenvalue weighted by Crippen LogP contribution is -2.39. The van der Waals surface area contributed by atoms with Gasteiger partial charge in [-0.1, -0.05) is 0 Å².